The van der Waals surface area contributed by atoms with E-state index in [1.807, 2.05) is 41.1 Å². The maximum Gasteiger partial charge on any atom is 0.235 e. The Morgan fingerprint density at radius 2 is 1.68 bits per heavy atom. The fourth-order valence-electron chi connectivity index (χ4n) is 4.32. The highest BCUT2D eigenvalue weighted by Crippen LogP contribution is 2.32. The van der Waals surface area contributed by atoms with Gasteiger partial charge in [0.2, 0.25) is 16.0 Å². The van der Waals surface area contributed by atoms with Crippen molar-refractivity contribution >= 4 is 44.1 Å². The smallest absolute Gasteiger partial charge is 0.235 e. The van der Waals surface area contributed by atoms with Gasteiger partial charge < -0.3 is 24.4 Å². The lowest BCUT2D eigenvalue weighted by atomic mass is 10.2. The number of methoxy groups -OCH3 is 1. The molecule has 2 aromatic carbocycles. The van der Waals surface area contributed by atoms with Gasteiger partial charge in [-0.2, -0.15) is 4.98 Å². The van der Waals surface area contributed by atoms with Crippen LogP contribution in [0.1, 0.15) is 13.8 Å². The second kappa shape index (κ2) is 10.5. The molecule has 38 heavy (non-hydrogen) atoms. The van der Waals surface area contributed by atoms with E-state index in [1.165, 1.54) is 0 Å². The summed E-state index contributed by atoms with van der Waals surface area (Å²) in [6.07, 6.45) is 3.69. The van der Waals surface area contributed by atoms with Crippen LogP contribution in [-0.2, 0) is 10.0 Å². The fraction of sp³-hybridized carbons (Fsp3) is 0.333. The number of anilines is 4. The van der Waals surface area contributed by atoms with Crippen LogP contribution in [0, 0.1) is 0 Å². The Hall–Kier alpha value is -3.83. The number of nitrogens with one attached hydrogen (secondary N) is 2. The van der Waals surface area contributed by atoms with E-state index >= 15 is 0 Å². The Bertz CT molecular complexity index is 1530. The summed E-state index contributed by atoms with van der Waals surface area (Å²) in [4.78, 5) is 13.9. The summed E-state index contributed by atoms with van der Waals surface area (Å²) in [5, 5.41) is 3.68. The predicted octanol–water partition coefficient (Wildman–Crippen LogP) is 4.07. The fourth-order valence-corrected chi connectivity index (χ4v) is 5.02. The molecule has 0 radical (unpaired) electrons. The molecule has 0 bridgehead atoms. The zero-order valence-corrected chi connectivity index (χ0v) is 22.9. The van der Waals surface area contributed by atoms with Gasteiger partial charge in [-0.15, -0.1) is 0 Å². The van der Waals surface area contributed by atoms with Gasteiger partial charge in [0.05, 0.1) is 18.0 Å². The number of piperazine rings is 1. The third-order valence-corrected chi connectivity index (χ3v) is 8.51. The molecular weight excluding hydrogens is 502 g/mol. The number of sulfonamides is 1. The molecule has 2 N–H and O–H groups in total. The van der Waals surface area contributed by atoms with Crippen LogP contribution in [-0.4, -0.2) is 73.4 Å². The molecular formula is C27H33N7O3S. The van der Waals surface area contributed by atoms with Gasteiger partial charge in [0.15, 0.2) is 0 Å². The first kappa shape index (κ1) is 25.8. The average Bonchev–Trinajstić information content (AvgIpc) is 3.33. The van der Waals surface area contributed by atoms with Crippen molar-refractivity contribution in [3.63, 3.8) is 0 Å². The number of aromatic nitrogens is 3. The number of fused-ring (bicyclic) bond motifs is 1. The maximum absolute atomic E-state index is 12.2. The molecule has 0 amide bonds. The molecule has 1 aliphatic rings. The second-order valence-electron chi connectivity index (χ2n) is 9.70. The number of nitrogens with zero attached hydrogens (tertiary/aromatic N) is 5. The standard InChI is InChI=1S/C27H33N7O3S/c1-19(2)38(35,36)31-21-5-7-22(8-6-21)34-12-11-20-18-28-27(30-26(20)34)29-24-10-9-23(17-25(24)37-4)33-15-13-32(3)14-16-33/h5-12,17-19,31H,13-16H2,1-4H3,(H,28,29,30). The Morgan fingerprint density at radius 3 is 2.37 bits per heavy atom. The molecule has 0 unspecified atom stereocenters. The van der Waals surface area contributed by atoms with Crippen LogP contribution in [0.3, 0.4) is 0 Å². The third-order valence-electron chi connectivity index (χ3n) is 6.75. The zero-order chi connectivity index (χ0) is 26.9. The van der Waals surface area contributed by atoms with Gasteiger partial charge in [-0.3, -0.25) is 4.72 Å². The average molecular weight is 536 g/mol. The molecule has 11 heteroatoms. The predicted molar refractivity (Wildman–Crippen MR) is 153 cm³/mol. The number of hydrogen-bond acceptors (Lipinski definition) is 8. The Kier molecular flexibility index (Phi) is 7.13. The van der Waals surface area contributed by atoms with E-state index in [4.69, 9.17) is 9.72 Å². The minimum atomic E-state index is -3.41. The Morgan fingerprint density at radius 1 is 0.974 bits per heavy atom. The molecule has 1 fully saturated rings. The van der Waals surface area contributed by atoms with Gasteiger partial charge in [-0.05, 0) is 63.4 Å². The Balaban J connectivity index is 1.37. The van der Waals surface area contributed by atoms with E-state index in [1.54, 1.807) is 39.3 Å². The monoisotopic (exact) mass is 535 g/mol. The van der Waals surface area contributed by atoms with Crippen molar-refractivity contribution in [1.82, 2.24) is 19.4 Å². The second-order valence-corrected chi connectivity index (χ2v) is 11.9. The lowest BCUT2D eigenvalue weighted by Gasteiger charge is -2.34. The molecule has 10 nitrogen and oxygen atoms in total. The zero-order valence-electron chi connectivity index (χ0n) is 22.0. The highest BCUT2D eigenvalue weighted by atomic mass is 32.2. The van der Waals surface area contributed by atoms with Gasteiger partial charge in [0.1, 0.15) is 11.4 Å². The van der Waals surface area contributed by atoms with Gasteiger partial charge in [0, 0.05) is 67.1 Å². The van der Waals surface area contributed by atoms with E-state index in [0.717, 1.165) is 60.0 Å². The maximum atomic E-state index is 12.2. The van der Waals surface area contributed by atoms with Gasteiger partial charge in [0.25, 0.3) is 0 Å². The largest absolute Gasteiger partial charge is 0.494 e. The van der Waals surface area contributed by atoms with E-state index in [9.17, 15) is 8.42 Å². The molecule has 1 saturated heterocycles. The van der Waals surface area contributed by atoms with E-state index in [-0.39, 0.29) is 0 Å². The molecule has 200 valence electrons. The highest BCUT2D eigenvalue weighted by molar-refractivity contribution is 7.93. The number of likely N-dealkylation sites (N-methyl/N-ethyl adjacent to an activating group) is 1. The first-order valence-corrected chi connectivity index (χ1v) is 14.1. The van der Waals surface area contributed by atoms with Crippen molar-refractivity contribution in [1.29, 1.82) is 0 Å². The molecule has 2 aromatic heterocycles. The molecule has 0 aliphatic carbocycles. The van der Waals surface area contributed by atoms with Crippen LogP contribution in [0.25, 0.3) is 16.7 Å². The van der Waals surface area contributed by atoms with Gasteiger partial charge in [-0.25, -0.2) is 13.4 Å². The summed E-state index contributed by atoms with van der Waals surface area (Å²) in [6.45, 7) is 7.32. The number of benzene rings is 2. The molecule has 0 saturated carbocycles. The number of hydrogen-bond donors (Lipinski definition) is 2. The van der Waals surface area contributed by atoms with Crippen molar-refractivity contribution in [2.75, 3.05) is 55.3 Å². The summed E-state index contributed by atoms with van der Waals surface area (Å²) in [7, 11) is 0.399. The van der Waals surface area contributed by atoms with Crippen LogP contribution in [0.2, 0.25) is 0 Å². The summed E-state index contributed by atoms with van der Waals surface area (Å²) in [5.41, 5.74) is 4.01. The lowest BCUT2D eigenvalue weighted by molar-refractivity contribution is 0.312. The van der Waals surface area contributed by atoms with Crippen LogP contribution in [0.5, 0.6) is 5.75 Å². The van der Waals surface area contributed by atoms with Crippen LogP contribution in [0.4, 0.5) is 23.0 Å². The molecule has 1 aliphatic heterocycles. The lowest BCUT2D eigenvalue weighted by Crippen LogP contribution is -2.44. The molecule has 0 spiro atoms. The summed E-state index contributed by atoms with van der Waals surface area (Å²) >= 11 is 0. The third kappa shape index (κ3) is 5.39. The van der Waals surface area contributed by atoms with Crippen molar-refractivity contribution < 1.29 is 13.2 Å². The highest BCUT2D eigenvalue weighted by Gasteiger charge is 2.17. The normalized spacial score (nSPS) is 14.7. The minimum absolute atomic E-state index is 0.449. The number of ether oxygens (including phenoxy) is 1. The topological polar surface area (TPSA) is 105 Å². The van der Waals surface area contributed by atoms with Crippen molar-refractivity contribution in [3.8, 4) is 11.4 Å². The minimum Gasteiger partial charge on any atom is -0.494 e. The van der Waals surface area contributed by atoms with Crippen LogP contribution >= 0.6 is 0 Å². The van der Waals surface area contributed by atoms with E-state index in [2.05, 4.69) is 37.9 Å². The van der Waals surface area contributed by atoms with Crippen LogP contribution < -0.4 is 19.7 Å². The molecule has 5 rings (SSSR count). The van der Waals surface area contributed by atoms with Gasteiger partial charge >= 0.3 is 0 Å². The molecule has 3 heterocycles. The van der Waals surface area contributed by atoms with Crippen molar-refractivity contribution in [3.05, 3.63) is 60.9 Å². The van der Waals surface area contributed by atoms with Gasteiger partial charge in [-0.1, -0.05) is 0 Å². The quantitative estimate of drug-likeness (QED) is 0.348. The van der Waals surface area contributed by atoms with Crippen LogP contribution in [0.15, 0.2) is 60.9 Å². The van der Waals surface area contributed by atoms with Crippen molar-refractivity contribution in [2.45, 2.75) is 19.1 Å². The van der Waals surface area contributed by atoms with Crippen molar-refractivity contribution in [2.24, 2.45) is 0 Å². The molecule has 4 aromatic rings. The number of rotatable bonds is 8. The SMILES string of the molecule is COc1cc(N2CCN(C)CC2)ccc1Nc1ncc2ccn(-c3ccc(NS(=O)(=O)C(C)C)cc3)c2n1. The first-order valence-electron chi connectivity index (χ1n) is 12.6. The van der Waals surface area contributed by atoms with E-state index < -0.39 is 15.3 Å². The summed E-state index contributed by atoms with van der Waals surface area (Å²) < 4.78 is 34.6. The summed E-state index contributed by atoms with van der Waals surface area (Å²) in [5.74, 6) is 1.17. The first-order chi connectivity index (χ1) is 18.2. The molecule has 0 atom stereocenters. The van der Waals surface area contributed by atoms with E-state index in [0.29, 0.717) is 11.6 Å². The Labute approximate surface area is 223 Å². The summed E-state index contributed by atoms with van der Waals surface area (Å²) in [6, 6.07) is 15.3.